The number of hydrogen-bond donors (Lipinski definition) is 0. The molecular weight excluding hydrogens is 176 g/mol. The molecule has 0 aromatic carbocycles. The molecule has 0 nitrogen and oxygen atoms in total. The van der Waals surface area contributed by atoms with Gasteiger partial charge in [0.15, 0.2) is 0 Å². The molecule has 60 valence electrons. The third kappa shape index (κ3) is 2.76. The number of hydrogen-bond acceptors (Lipinski definition) is 0. The minimum atomic E-state index is -0.650. The SMILES string of the molecule is CCC[SiH]1CCC[SiH](Cl)C1. The maximum Gasteiger partial charge on any atom is 0.138 e. The third-order valence-electron chi connectivity index (χ3n) is 2.42. The van der Waals surface area contributed by atoms with Crippen LogP contribution in [0.1, 0.15) is 19.8 Å². The van der Waals surface area contributed by atoms with E-state index in [0.29, 0.717) is 0 Å². The highest BCUT2D eigenvalue weighted by Gasteiger charge is 2.21. The minimum Gasteiger partial charge on any atom is -0.172 e. The van der Waals surface area contributed by atoms with Gasteiger partial charge in [0.1, 0.15) is 8.11 Å². The standard InChI is InChI=1S/C7H17ClSi2/c1-2-4-9-5-3-6-10(8)7-9/h9-10H,2-7H2,1H3. The van der Waals surface area contributed by atoms with Crippen molar-refractivity contribution in [3.8, 4) is 0 Å². The Morgan fingerprint density at radius 3 is 2.80 bits per heavy atom. The van der Waals surface area contributed by atoms with Crippen LogP contribution in [-0.2, 0) is 0 Å². The number of halogens is 1. The lowest BCUT2D eigenvalue weighted by molar-refractivity contribution is 0.977. The second kappa shape index (κ2) is 4.57. The Bertz CT molecular complexity index is 95.6. The second-order valence-corrected chi connectivity index (χ2v) is 11.8. The molecule has 0 bridgehead atoms. The van der Waals surface area contributed by atoms with E-state index >= 15 is 0 Å². The van der Waals surface area contributed by atoms with E-state index < -0.39 is 8.11 Å². The average Bonchev–Trinajstić information content (AvgIpc) is 1.88. The fourth-order valence-corrected chi connectivity index (χ4v) is 13.4. The maximum absolute atomic E-state index is 6.22. The van der Waals surface area contributed by atoms with Gasteiger partial charge < -0.3 is 0 Å². The molecule has 2 atom stereocenters. The van der Waals surface area contributed by atoms with Crippen LogP contribution in [0.25, 0.3) is 0 Å². The lowest BCUT2D eigenvalue weighted by Gasteiger charge is -2.22. The first-order valence-corrected chi connectivity index (χ1v) is 10.3. The third-order valence-corrected chi connectivity index (χ3v) is 13.0. The first-order chi connectivity index (χ1) is 4.83. The molecule has 3 heteroatoms. The van der Waals surface area contributed by atoms with E-state index in [-0.39, 0.29) is 8.80 Å². The highest BCUT2D eigenvalue weighted by Crippen LogP contribution is 2.24. The van der Waals surface area contributed by atoms with E-state index in [2.05, 4.69) is 6.92 Å². The largest absolute Gasteiger partial charge is 0.172 e. The molecule has 10 heavy (non-hydrogen) atoms. The molecule has 1 fully saturated rings. The summed E-state index contributed by atoms with van der Waals surface area (Å²) in [5.74, 6) is 0. The molecule has 0 N–H and O–H groups in total. The zero-order chi connectivity index (χ0) is 7.40. The summed E-state index contributed by atoms with van der Waals surface area (Å²) >= 11 is 6.22. The van der Waals surface area contributed by atoms with Crippen molar-refractivity contribution in [2.75, 3.05) is 0 Å². The van der Waals surface area contributed by atoms with Gasteiger partial charge in [-0.25, -0.2) is 0 Å². The first-order valence-electron chi connectivity index (χ1n) is 4.47. The fourth-order valence-electron chi connectivity index (χ4n) is 1.90. The van der Waals surface area contributed by atoms with Crippen LogP contribution < -0.4 is 0 Å². The van der Waals surface area contributed by atoms with E-state index in [4.69, 9.17) is 11.1 Å². The topological polar surface area (TPSA) is 0 Å². The lowest BCUT2D eigenvalue weighted by atomic mass is 10.6. The highest BCUT2D eigenvalue weighted by atomic mass is 35.6. The molecule has 0 aromatic heterocycles. The fraction of sp³-hybridized carbons (Fsp3) is 1.00. The highest BCUT2D eigenvalue weighted by molar-refractivity contribution is 7.11. The van der Waals surface area contributed by atoms with Crippen molar-refractivity contribution in [2.24, 2.45) is 0 Å². The van der Waals surface area contributed by atoms with Gasteiger partial charge in [0, 0.05) is 8.80 Å². The average molecular weight is 193 g/mol. The summed E-state index contributed by atoms with van der Waals surface area (Å²) in [6.07, 6.45) is 2.90. The first kappa shape index (κ1) is 8.82. The Morgan fingerprint density at radius 2 is 2.20 bits per heavy atom. The molecule has 0 amide bonds. The maximum atomic E-state index is 6.22. The molecule has 1 saturated heterocycles. The van der Waals surface area contributed by atoms with Gasteiger partial charge in [-0.3, -0.25) is 0 Å². The molecule has 0 aromatic rings. The van der Waals surface area contributed by atoms with Gasteiger partial charge in [0.2, 0.25) is 0 Å². The van der Waals surface area contributed by atoms with Crippen LogP contribution in [0.2, 0.25) is 23.8 Å². The summed E-state index contributed by atoms with van der Waals surface area (Å²) in [7, 11) is -0.904. The van der Waals surface area contributed by atoms with Crippen LogP contribution >= 0.6 is 11.1 Å². The molecular formula is C7H17ClSi2. The van der Waals surface area contributed by atoms with Crippen LogP contribution in [0.3, 0.4) is 0 Å². The van der Waals surface area contributed by atoms with Crippen LogP contribution in [0.15, 0.2) is 0 Å². The summed E-state index contributed by atoms with van der Waals surface area (Å²) in [5.41, 5.74) is 1.55. The van der Waals surface area contributed by atoms with E-state index in [1.807, 2.05) is 0 Å². The van der Waals surface area contributed by atoms with Gasteiger partial charge in [-0.2, -0.15) is 11.1 Å². The Morgan fingerprint density at radius 1 is 1.40 bits per heavy atom. The zero-order valence-electron chi connectivity index (χ0n) is 6.78. The normalized spacial score (nSPS) is 34.2. The van der Waals surface area contributed by atoms with Gasteiger partial charge in [0.25, 0.3) is 0 Å². The van der Waals surface area contributed by atoms with Crippen molar-refractivity contribution in [3.63, 3.8) is 0 Å². The van der Waals surface area contributed by atoms with Crippen molar-refractivity contribution in [1.29, 1.82) is 0 Å². The second-order valence-electron chi connectivity index (χ2n) is 3.42. The summed E-state index contributed by atoms with van der Waals surface area (Å²) in [6.45, 7) is 2.31. The quantitative estimate of drug-likeness (QED) is 0.466. The van der Waals surface area contributed by atoms with Crippen molar-refractivity contribution in [3.05, 3.63) is 0 Å². The molecule has 0 radical (unpaired) electrons. The number of rotatable bonds is 2. The Labute approximate surface area is 71.9 Å². The van der Waals surface area contributed by atoms with Crippen molar-refractivity contribution in [1.82, 2.24) is 0 Å². The van der Waals surface area contributed by atoms with Crippen LogP contribution in [0, 0.1) is 0 Å². The monoisotopic (exact) mass is 192 g/mol. The van der Waals surface area contributed by atoms with Gasteiger partial charge >= 0.3 is 0 Å². The molecule has 1 rings (SSSR count). The predicted octanol–water partition coefficient (Wildman–Crippen LogP) is 2.53. The van der Waals surface area contributed by atoms with Gasteiger partial charge in [-0.15, -0.1) is 0 Å². The molecule has 2 unspecified atom stereocenters. The smallest absolute Gasteiger partial charge is 0.138 e. The van der Waals surface area contributed by atoms with Gasteiger partial charge in [-0.1, -0.05) is 37.5 Å². The Balaban J connectivity index is 2.18. The summed E-state index contributed by atoms with van der Waals surface area (Å²) < 4.78 is 0. The molecule has 0 aliphatic carbocycles. The van der Waals surface area contributed by atoms with Crippen LogP contribution in [0.5, 0.6) is 0 Å². The van der Waals surface area contributed by atoms with E-state index in [1.54, 1.807) is 17.8 Å². The Kier molecular flexibility index (Phi) is 4.03. The molecule has 1 heterocycles. The summed E-state index contributed by atoms with van der Waals surface area (Å²) in [6, 6.07) is 4.59. The van der Waals surface area contributed by atoms with Crippen molar-refractivity contribution < 1.29 is 0 Å². The van der Waals surface area contributed by atoms with Gasteiger partial charge in [-0.05, 0) is 6.04 Å². The van der Waals surface area contributed by atoms with E-state index in [0.717, 1.165) is 0 Å². The van der Waals surface area contributed by atoms with Gasteiger partial charge in [0.05, 0.1) is 0 Å². The van der Waals surface area contributed by atoms with Crippen LogP contribution in [-0.4, -0.2) is 16.9 Å². The van der Waals surface area contributed by atoms with E-state index in [9.17, 15) is 0 Å². The summed E-state index contributed by atoms with van der Waals surface area (Å²) in [4.78, 5) is 0. The van der Waals surface area contributed by atoms with Crippen LogP contribution in [0.4, 0.5) is 0 Å². The zero-order valence-corrected chi connectivity index (χ0v) is 9.84. The molecule has 1 aliphatic rings. The molecule has 0 spiro atoms. The summed E-state index contributed by atoms with van der Waals surface area (Å²) in [5, 5.41) is 0. The predicted molar refractivity (Wildman–Crippen MR) is 54.3 cm³/mol. The van der Waals surface area contributed by atoms with E-state index in [1.165, 1.54) is 18.9 Å². The van der Waals surface area contributed by atoms with Crippen molar-refractivity contribution in [2.45, 2.75) is 43.6 Å². The minimum absolute atomic E-state index is 0.254. The van der Waals surface area contributed by atoms with Crippen molar-refractivity contribution >= 4 is 28.0 Å². The molecule has 1 aliphatic heterocycles. The molecule has 0 saturated carbocycles. The lowest BCUT2D eigenvalue weighted by Crippen LogP contribution is -2.24. The Hall–Kier alpha value is 0.724.